The van der Waals surface area contributed by atoms with Crippen molar-refractivity contribution in [3.05, 3.63) is 84.1 Å². The van der Waals surface area contributed by atoms with E-state index in [1.165, 1.54) is 6.21 Å². The van der Waals surface area contributed by atoms with E-state index in [2.05, 4.69) is 15.4 Å². The molecule has 2 aromatic heterocycles. The molecular formula is C25H22N4O3. The first-order valence-electron chi connectivity index (χ1n) is 10.5. The molecule has 5 rings (SSSR count). The van der Waals surface area contributed by atoms with Crippen LogP contribution in [0.25, 0.3) is 22.2 Å². The second-order valence-electron chi connectivity index (χ2n) is 7.41. The van der Waals surface area contributed by atoms with Gasteiger partial charge in [-0.1, -0.05) is 48.5 Å². The number of anilines is 1. The monoisotopic (exact) mass is 426 g/mol. The van der Waals surface area contributed by atoms with Gasteiger partial charge in [0.15, 0.2) is 5.88 Å². The van der Waals surface area contributed by atoms with Gasteiger partial charge in [0.2, 0.25) is 0 Å². The summed E-state index contributed by atoms with van der Waals surface area (Å²) in [5.74, 6) is 1.03. The number of aromatic nitrogens is 1. The minimum absolute atomic E-state index is 0.308. The van der Waals surface area contributed by atoms with E-state index >= 15 is 0 Å². The number of benzene rings is 2. The number of carbonyl (C=O) groups excluding carboxylic acids is 1. The molecule has 32 heavy (non-hydrogen) atoms. The average Bonchev–Trinajstić information content (AvgIpc) is 3.33. The summed E-state index contributed by atoms with van der Waals surface area (Å²) in [5, 5.41) is 4.87. The van der Waals surface area contributed by atoms with Gasteiger partial charge in [-0.3, -0.25) is 4.79 Å². The number of hydrazone groups is 1. The molecule has 0 aliphatic carbocycles. The number of morpholine rings is 1. The van der Waals surface area contributed by atoms with Crippen LogP contribution in [-0.4, -0.2) is 43.4 Å². The highest BCUT2D eigenvalue weighted by Gasteiger charge is 2.15. The zero-order chi connectivity index (χ0) is 21.8. The molecule has 7 nitrogen and oxygen atoms in total. The van der Waals surface area contributed by atoms with Crippen LogP contribution in [0.2, 0.25) is 0 Å². The van der Waals surface area contributed by atoms with Crippen molar-refractivity contribution in [3.8, 4) is 11.3 Å². The summed E-state index contributed by atoms with van der Waals surface area (Å²) in [6.45, 7) is 2.95. The summed E-state index contributed by atoms with van der Waals surface area (Å²) < 4.78 is 11.2. The van der Waals surface area contributed by atoms with Gasteiger partial charge in [0.1, 0.15) is 5.76 Å². The number of ether oxygens (including phenoxy) is 1. The number of amides is 1. The SMILES string of the molecule is O=C(N/N=C/c1ccc(N2CCOCC2)o1)c1cc(-c2ccccc2)nc2ccccc12. The Balaban J connectivity index is 1.36. The molecule has 0 saturated carbocycles. The van der Waals surface area contributed by atoms with Gasteiger partial charge in [-0.25, -0.2) is 10.4 Å². The minimum Gasteiger partial charge on any atom is -0.440 e. The Morgan fingerprint density at radius 1 is 1.00 bits per heavy atom. The Labute approximate surface area is 185 Å². The van der Waals surface area contributed by atoms with E-state index in [9.17, 15) is 4.79 Å². The zero-order valence-corrected chi connectivity index (χ0v) is 17.4. The predicted octanol–water partition coefficient (Wildman–Crippen LogP) is 4.10. The number of furan rings is 1. The van der Waals surface area contributed by atoms with Gasteiger partial charge in [-0.15, -0.1) is 0 Å². The van der Waals surface area contributed by atoms with Crippen molar-refractivity contribution in [2.24, 2.45) is 5.10 Å². The van der Waals surface area contributed by atoms with Crippen molar-refractivity contribution >= 4 is 28.9 Å². The topological polar surface area (TPSA) is 80.0 Å². The summed E-state index contributed by atoms with van der Waals surface area (Å²) in [7, 11) is 0. The van der Waals surface area contributed by atoms with Crippen LogP contribution >= 0.6 is 0 Å². The summed E-state index contributed by atoms with van der Waals surface area (Å²) in [6, 6.07) is 22.9. The Hall–Kier alpha value is -3.97. The smallest absolute Gasteiger partial charge is 0.272 e. The maximum Gasteiger partial charge on any atom is 0.272 e. The van der Waals surface area contributed by atoms with Gasteiger partial charge in [-0.05, 0) is 18.2 Å². The van der Waals surface area contributed by atoms with Crippen LogP contribution in [0.15, 0.2) is 82.3 Å². The van der Waals surface area contributed by atoms with E-state index in [0.29, 0.717) is 24.5 Å². The fourth-order valence-electron chi connectivity index (χ4n) is 3.70. The van der Waals surface area contributed by atoms with Crippen molar-refractivity contribution in [2.45, 2.75) is 0 Å². The maximum absolute atomic E-state index is 13.0. The van der Waals surface area contributed by atoms with E-state index in [1.807, 2.05) is 66.7 Å². The number of nitrogens with zero attached hydrogens (tertiary/aromatic N) is 3. The molecule has 1 amide bonds. The molecule has 1 aliphatic rings. The number of para-hydroxylation sites is 1. The average molecular weight is 426 g/mol. The second-order valence-corrected chi connectivity index (χ2v) is 7.41. The molecule has 4 aromatic rings. The molecule has 0 unspecified atom stereocenters. The highest BCUT2D eigenvalue weighted by Crippen LogP contribution is 2.25. The lowest BCUT2D eigenvalue weighted by Gasteiger charge is -2.26. The Kier molecular flexibility index (Phi) is 5.63. The highest BCUT2D eigenvalue weighted by atomic mass is 16.5. The molecule has 0 spiro atoms. The molecule has 2 aromatic carbocycles. The fourth-order valence-corrected chi connectivity index (χ4v) is 3.70. The fraction of sp³-hybridized carbons (Fsp3) is 0.160. The Morgan fingerprint density at radius 3 is 2.62 bits per heavy atom. The van der Waals surface area contributed by atoms with Crippen LogP contribution in [0.3, 0.4) is 0 Å². The van der Waals surface area contributed by atoms with Crippen LogP contribution in [0.4, 0.5) is 5.88 Å². The van der Waals surface area contributed by atoms with Gasteiger partial charge in [-0.2, -0.15) is 5.10 Å². The second kappa shape index (κ2) is 9.03. The van der Waals surface area contributed by atoms with Gasteiger partial charge in [0.05, 0.1) is 36.2 Å². The van der Waals surface area contributed by atoms with Crippen LogP contribution in [0, 0.1) is 0 Å². The van der Waals surface area contributed by atoms with Crippen molar-refractivity contribution in [1.82, 2.24) is 10.4 Å². The minimum atomic E-state index is -0.308. The van der Waals surface area contributed by atoms with E-state index in [-0.39, 0.29) is 5.91 Å². The van der Waals surface area contributed by atoms with E-state index in [4.69, 9.17) is 14.1 Å². The molecule has 1 aliphatic heterocycles. The lowest BCUT2D eigenvalue weighted by Crippen LogP contribution is -2.35. The van der Waals surface area contributed by atoms with Gasteiger partial charge >= 0.3 is 0 Å². The summed E-state index contributed by atoms with van der Waals surface area (Å²) in [4.78, 5) is 19.8. The van der Waals surface area contributed by atoms with Crippen LogP contribution in [0.5, 0.6) is 0 Å². The number of pyridine rings is 1. The lowest BCUT2D eigenvalue weighted by molar-refractivity contribution is 0.0956. The quantitative estimate of drug-likeness (QED) is 0.384. The number of fused-ring (bicyclic) bond motifs is 1. The zero-order valence-electron chi connectivity index (χ0n) is 17.4. The van der Waals surface area contributed by atoms with Crippen molar-refractivity contribution in [1.29, 1.82) is 0 Å². The molecular weight excluding hydrogens is 404 g/mol. The molecule has 1 saturated heterocycles. The molecule has 0 bridgehead atoms. The molecule has 1 fully saturated rings. The third-order valence-electron chi connectivity index (χ3n) is 5.32. The Morgan fingerprint density at radius 2 is 1.78 bits per heavy atom. The van der Waals surface area contributed by atoms with E-state index in [1.54, 1.807) is 6.07 Å². The number of hydrogen-bond acceptors (Lipinski definition) is 6. The first-order chi connectivity index (χ1) is 15.8. The Bertz CT molecular complexity index is 1260. The number of carbonyl (C=O) groups is 1. The van der Waals surface area contributed by atoms with Crippen molar-refractivity contribution in [2.75, 3.05) is 31.2 Å². The maximum atomic E-state index is 13.0. The normalized spacial score (nSPS) is 14.2. The molecule has 7 heteroatoms. The number of rotatable bonds is 5. The van der Waals surface area contributed by atoms with E-state index in [0.717, 1.165) is 41.1 Å². The van der Waals surface area contributed by atoms with Crippen molar-refractivity contribution < 1.29 is 13.9 Å². The van der Waals surface area contributed by atoms with Crippen molar-refractivity contribution in [3.63, 3.8) is 0 Å². The summed E-state index contributed by atoms with van der Waals surface area (Å²) in [6.07, 6.45) is 1.50. The number of nitrogens with one attached hydrogen (secondary N) is 1. The third kappa shape index (κ3) is 4.24. The molecule has 3 heterocycles. The van der Waals surface area contributed by atoms with Crippen LogP contribution in [0.1, 0.15) is 16.1 Å². The highest BCUT2D eigenvalue weighted by molar-refractivity contribution is 6.07. The van der Waals surface area contributed by atoms with E-state index < -0.39 is 0 Å². The molecule has 0 atom stereocenters. The molecule has 1 N–H and O–H groups in total. The van der Waals surface area contributed by atoms with Crippen LogP contribution in [-0.2, 0) is 4.74 Å². The first-order valence-corrected chi connectivity index (χ1v) is 10.5. The van der Waals surface area contributed by atoms with Gasteiger partial charge < -0.3 is 14.1 Å². The number of hydrogen-bond donors (Lipinski definition) is 1. The summed E-state index contributed by atoms with van der Waals surface area (Å²) >= 11 is 0. The molecule has 0 radical (unpaired) electrons. The predicted molar refractivity (Wildman–Crippen MR) is 124 cm³/mol. The first kappa shape index (κ1) is 20.0. The standard InChI is InChI=1S/C25H22N4O3/c30-25(28-26-17-19-10-11-24(32-19)29-12-14-31-15-13-29)21-16-23(18-6-2-1-3-7-18)27-22-9-5-4-8-20(21)22/h1-11,16-17H,12-15H2,(H,28,30)/b26-17+. The summed E-state index contributed by atoms with van der Waals surface area (Å²) in [5.41, 5.74) is 5.57. The van der Waals surface area contributed by atoms with Gasteiger partial charge in [0, 0.05) is 30.1 Å². The molecule has 160 valence electrons. The largest absolute Gasteiger partial charge is 0.440 e. The lowest BCUT2D eigenvalue weighted by atomic mass is 10.0. The van der Waals surface area contributed by atoms with Crippen LogP contribution < -0.4 is 10.3 Å². The third-order valence-corrected chi connectivity index (χ3v) is 5.32. The van der Waals surface area contributed by atoms with Gasteiger partial charge in [0.25, 0.3) is 5.91 Å².